The molecule has 0 aliphatic rings. The van der Waals surface area contributed by atoms with Crippen LogP contribution in [0.15, 0.2) is 78.2 Å². The summed E-state index contributed by atoms with van der Waals surface area (Å²) in [5.41, 5.74) is 1.30. The van der Waals surface area contributed by atoms with Gasteiger partial charge < -0.3 is 15.0 Å². The van der Waals surface area contributed by atoms with E-state index in [1.54, 1.807) is 30.7 Å². The third-order valence-electron chi connectivity index (χ3n) is 4.93. The number of nitrogens with one attached hydrogen (secondary N) is 2. The summed E-state index contributed by atoms with van der Waals surface area (Å²) in [6, 6.07) is 11.8. The SMILES string of the molecule is O=c1nc(NCCc2ccc(Oc3ccc(C(F)(F)F)cc3)cc2)[nH]cc1Cc1cncnc1. The second-order valence-corrected chi connectivity index (χ2v) is 7.45. The third-order valence-corrected chi connectivity index (χ3v) is 4.93. The first-order valence-electron chi connectivity index (χ1n) is 10.4. The molecule has 2 heterocycles. The van der Waals surface area contributed by atoms with Gasteiger partial charge in [0.2, 0.25) is 5.95 Å². The Bertz CT molecular complexity index is 1280. The normalized spacial score (nSPS) is 11.3. The van der Waals surface area contributed by atoms with E-state index in [1.165, 1.54) is 18.5 Å². The summed E-state index contributed by atoms with van der Waals surface area (Å²) in [6.07, 6.45) is 3.03. The van der Waals surface area contributed by atoms with Crippen molar-refractivity contribution in [3.05, 3.63) is 106 Å². The van der Waals surface area contributed by atoms with Gasteiger partial charge in [-0.15, -0.1) is 0 Å². The van der Waals surface area contributed by atoms with Gasteiger partial charge in [0.1, 0.15) is 17.8 Å². The molecule has 0 fully saturated rings. The van der Waals surface area contributed by atoms with Crippen LogP contribution < -0.4 is 15.6 Å². The zero-order valence-corrected chi connectivity index (χ0v) is 17.8. The highest BCUT2D eigenvalue weighted by Crippen LogP contribution is 2.31. The molecule has 0 saturated heterocycles. The van der Waals surface area contributed by atoms with Crippen LogP contribution in [0.25, 0.3) is 0 Å². The van der Waals surface area contributed by atoms with Crippen LogP contribution in [0.4, 0.5) is 19.1 Å². The van der Waals surface area contributed by atoms with E-state index in [4.69, 9.17) is 4.74 Å². The van der Waals surface area contributed by atoms with Gasteiger partial charge in [0.15, 0.2) is 0 Å². The van der Waals surface area contributed by atoms with Crippen molar-refractivity contribution in [2.24, 2.45) is 0 Å². The van der Waals surface area contributed by atoms with Gasteiger partial charge in [-0.2, -0.15) is 18.2 Å². The molecule has 174 valence electrons. The fourth-order valence-electron chi connectivity index (χ4n) is 3.18. The number of hydrogen-bond donors (Lipinski definition) is 2. The van der Waals surface area contributed by atoms with E-state index < -0.39 is 11.7 Å². The first-order chi connectivity index (χ1) is 16.4. The Morgan fingerprint density at radius 3 is 2.18 bits per heavy atom. The molecule has 0 unspecified atom stereocenters. The van der Waals surface area contributed by atoms with E-state index in [2.05, 4.69) is 25.3 Å². The molecule has 7 nitrogen and oxygen atoms in total. The fraction of sp³-hybridized carbons (Fsp3) is 0.167. The summed E-state index contributed by atoms with van der Waals surface area (Å²) in [7, 11) is 0. The molecule has 0 aliphatic heterocycles. The highest BCUT2D eigenvalue weighted by atomic mass is 19.4. The number of rotatable bonds is 8. The molecule has 0 spiro atoms. The van der Waals surface area contributed by atoms with Crippen LogP contribution in [0, 0.1) is 0 Å². The van der Waals surface area contributed by atoms with Crippen molar-refractivity contribution in [1.29, 1.82) is 0 Å². The highest BCUT2D eigenvalue weighted by Gasteiger charge is 2.30. The number of benzene rings is 2. The van der Waals surface area contributed by atoms with Crippen molar-refractivity contribution in [3.63, 3.8) is 0 Å². The predicted octanol–water partition coefficient (Wildman–Crippen LogP) is 4.62. The first kappa shape index (κ1) is 23.0. The van der Waals surface area contributed by atoms with Crippen LogP contribution in [-0.2, 0) is 19.0 Å². The van der Waals surface area contributed by atoms with E-state index in [1.807, 2.05) is 12.1 Å². The van der Waals surface area contributed by atoms with Gasteiger partial charge in [0, 0.05) is 37.1 Å². The number of nitrogens with zero attached hydrogens (tertiary/aromatic N) is 3. The summed E-state index contributed by atoms with van der Waals surface area (Å²) in [5, 5.41) is 3.08. The predicted molar refractivity (Wildman–Crippen MR) is 120 cm³/mol. The minimum Gasteiger partial charge on any atom is -0.457 e. The van der Waals surface area contributed by atoms with Crippen molar-refractivity contribution in [2.45, 2.75) is 19.0 Å². The van der Waals surface area contributed by atoms with E-state index in [9.17, 15) is 18.0 Å². The van der Waals surface area contributed by atoms with Crippen molar-refractivity contribution in [3.8, 4) is 11.5 Å². The van der Waals surface area contributed by atoms with E-state index in [0.29, 0.717) is 42.4 Å². The molecule has 4 rings (SSSR count). The molecular weight excluding hydrogens is 447 g/mol. The summed E-state index contributed by atoms with van der Waals surface area (Å²) in [6.45, 7) is 0.536. The summed E-state index contributed by atoms with van der Waals surface area (Å²) >= 11 is 0. The Hall–Kier alpha value is -4.21. The summed E-state index contributed by atoms with van der Waals surface area (Å²) in [4.78, 5) is 27.1. The number of hydrogen-bond acceptors (Lipinski definition) is 6. The molecule has 2 aromatic carbocycles. The Kier molecular flexibility index (Phi) is 6.86. The lowest BCUT2D eigenvalue weighted by Gasteiger charge is -2.10. The highest BCUT2D eigenvalue weighted by molar-refractivity contribution is 5.35. The summed E-state index contributed by atoms with van der Waals surface area (Å²) < 4.78 is 43.5. The smallest absolute Gasteiger partial charge is 0.416 e. The van der Waals surface area contributed by atoms with Crippen LogP contribution in [0.2, 0.25) is 0 Å². The van der Waals surface area contributed by atoms with Gasteiger partial charge >= 0.3 is 6.18 Å². The maximum absolute atomic E-state index is 12.6. The lowest BCUT2D eigenvalue weighted by Crippen LogP contribution is -2.18. The number of halogens is 3. The van der Waals surface area contributed by atoms with Gasteiger partial charge in [-0.3, -0.25) is 4.79 Å². The standard InChI is InChI=1S/C24H20F3N5O2/c25-24(26,27)19-3-7-21(8-4-19)34-20-5-1-16(2-6-20)9-10-30-23-31-14-18(22(33)32-23)11-17-12-28-15-29-13-17/h1-8,12-15H,9-11H2,(H2,30,31,32,33). The molecule has 2 N–H and O–H groups in total. The third kappa shape index (κ3) is 6.18. The van der Waals surface area contributed by atoms with Crippen LogP contribution in [0.1, 0.15) is 22.3 Å². The largest absolute Gasteiger partial charge is 0.457 e. The topological polar surface area (TPSA) is 92.8 Å². The number of ether oxygens (including phenoxy) is 1. The van der Waals surface area contributed by atoms with Crippen LogP contribution in [0.3, 0.4) is 0 Å². The maximum Gasteiger partial charge on any atom is 0.416 e. The second kappa shape index (κ2) is 10.2. The van der Waals surface area contributed by atoms with Crippen LogP contribution >= 0.6 is 0 Å². The van der Waals surface area contributed by atoms with Gasteiger partial charge in [-0.05, 0) is 53.9 Å². The molecule has 0 bridgehead atoms. The molecule has 0 saturated carbocycles. The lowest BCUT2D eigenvalue weighted by molar-refractivity contribution is -0.137. The van der Waals surface area contributed by atoms with Crippen LogP contribution in [0.5, 0.6) is 11.5 Å². The molecule has 0 radical (unpaired) electrons. The average Bonchev–Trinajstić information content (AvgIpc) is 2.82. The zero-order valence-electron chi connectivity index (χ0n) is 17.8. The summed E-state index contributed by atoms with van der Waals surface area (Å²) in [5.74, 6) is 1.21. The number of aromatic amines is 1. The van der Waals surface area contributed by atoms with Crippen molar-refractivity contribution < 1.29 is 17.9 Å². The van der Waals surface area contributed by atoms with Crippen LogP contribution in [-0.4, -0.2) is 26.5 Å². The molecule has 2 aromatic heterocycles. The molecule has 10 heteroatoms. The second-order valence-electron chi connectivity index (χ2n) is 7.45. The Balaban J connectivity index is 1.27. The fourth-order valence-corrected chi connectivity index (χ4v) is 3.18. The molecule has 0 amide bonds. The van der Waals surface area contributed by atoms with Gasteiger partial charge in [-0.1, -0.05) is 12.1 Å². The quantitative estimate of drug-likeness (QED) is 0.393. The molecular formula is C24H20F3N5O2. The first-order valence-corrected chi connectivity index (χ1v) is 10.4. The monoisotopic (exact) mass is 467 g/mol. The minimum atomic E-state index is -4.38. The molecule has 34 heavy (non-hydrogen) atoms. The minimum absolute atomic E-state index is 0.320. The Morgan fingerprint density at radius 2 is 1.56 bits per heavy atom. The van der Waals surface area contributed by atoms with E-state index in [-0.39, 0.29) is 5.56 Å². The van der Waals surface area contributed by atoms with Crippen molar-refractivity contribution >= 4 is 5.95 Å². The van der Waals surface area contributed by atoms with E-state index in [0.717, 1.165) is 23.3 Å². The average molecular weight is 467 g/mol. The van der Waals surface area contributed by atoms with Crippen molar-refractivity contribution in [1.82, 2.24) is 19.9 Å². The van der Waals surface area contributed by atoms with Gasteiger partial charge in [0.05, 0.1) is 5.56 Å². The van der Waals surface area contributed by atoms with E-state index >= 15 is 0 Å². The maximum atomic E-state index is 12.6. The number of aromatic nitrogens is 4. The molecule has 0 atom stereocenters. The Morgan fingerprint density at radius 1 is 0.912 bits per heavy atom. The zero-order chi connectivity index (χ0) is 24.0. The lowest BCUT2D eigenvalue weighted by atomic mass is 10.1. The van der Waals surface area contributed by atoms with Crippen molar-refractivity contribution in [2.75, 3.05) is 11.9 Å². The molecule has 4 aromatic rings. The van der Waals surface area contributed by atoms with Gasteiger partial charge in [0.25, 0.3) is 5.56 Å². The molecule has 0 aliphatic carbocycles. The number of H-pyrrole nitrogens is 1. The number of anilines is 1. The Labute approximate surface area is 192 Å². The number of alkyl halides is 3. The van der Waals surface area contributed by atoms with Gasteiger partial charge in [-0.25, -0.2) is 9.97 Å².